The molecule has 3 fully saturated rings. The molecule has 0 aliphatic carbocycles. The number of likely N-dealkylation sites (N-methyl/N-ethyl adjacent to an activating group) is 2. The first-order valence-corrected chi connectivity index (χ1v) is 22.2. The van der Waals surface area contributed by atoms with E-state index in [2.05, 4.69) is 5.32 Å². The van der Waals surface area contributed by atoms with Crippen molar-refractivity contribution >= 4 is 5.97 Å². The molecular weight excluding hydrogens is 780 g/mol. The van der Waals surface area contributed by atoms with Crippen LogP contribution in [0.5, 0.6) is 0 Å². The first-order valence-electron chi connectivity index (χ1n) is 22.2. The minimum absolute atomic E-state index is 0.103. The van der Waals surface area contributed by atoms with Crippen molar-refractivity contribution in [1.82, 2.24) is 15.1 Å². The second-order valence-electron chi connectivity index (χ2n) is 19.1. The van der Waals surface area contributed by atoms with Crippen molar-refractivity contribution in [3.8, 4) is 0 Å². The number of aliphatic hydroxyl groups excluding tert-OH is 4. The van der Waals surface area contributed by atoms with E-state index in [0.717, 1.165) is 6.42 Å². The van der Waals surface area contributed by atoms with Gasteiger partial charge >= 0.3 is 5.97 Å². The zero-order valence-electron chi connectivity index (χ0n) is 38.8. The molecule has 17 nitrogen and oxygen atoms in total. The number of esters is 1. The highest BCUT2D eigenvalue weighted by Crippen LogP contribution is 2.40. The van der Waals surface area contributed by atoms with Gasteiger partial charge in [0.15, 0.2) is 12.6 Å². The van der Waals surface area contributed by atoms with Crippen LogP contribution in [0.4, 0.5) is 0 Å². The molecule has 3 aliphatic rings. The fourth-order valence-electron chi connectivity index (χ4n) is 9.69. The molecular formula is C43H84N4O13. The van der Waals surface area contributed by atoms with Gasteiger partial charge in [-0.2, -0.15) is 0 Å². The van der Waals surface area contributed by atoms with E-state index >= 15 is 0 Å². The lowest BCUT2D eigenvalue weighted by atomic mass is 9.77. The third-order valence-corrected chi connectivity index (χ3v) is 13.5. The van der Waals surface area contributed by atoms with Gasteiger partial charge in [0.2, 0.25) is 0 Å². The van der Waals surface area contributed by atoms with E-state index in [9.17, 15) is 35.4 Å². The number of nitrogens with two attached hydrogens (primary N) is 1. The summed E-state index contributed by atoms with van der Waals surface area (Å²) in [5.41, 5.74) is 1.10. The summed E-state index contributed by atoms with van der Waals surface area (Å²) in [4.78, 5) is 18.2. The topological polar surface area (TPSA) is 238 Å². The maximum absolute atomic E-state index is 14.4. The molecule has 3 aliphatic heterocycles. The Hall–Kier alpha value is -1.13. The molecule has 354 valence electrons. The van der Waals surface area contributed by atoms with Crippen molar-refractivity contribution in [2.75, 3.05) is 53.9 Å². The molecule has 9 N–H and O–H groups in total. The van der Waals surface area contributed by atoms with Crippen LogP contribution in [0, 0.1) is 17.8 Å². The maximum Gasteiger partial charge on any atom is 0.311 e. The number of hydrogen-bond donors (Lipinski definition) is 8. The van der Waals surface area contributed by atoms with Crippen LogP contribution in [0.25, 0.3) is 0 Å². The zero-order valence-corrected chi connectivity index (χ0v) is 38.8. The fraction of sp³-hybridized carbons (Fsp3) is 0.977. The van der Waals surface area contributed by atoms with E-state index in [4.69, 9.17) is 34.2 Å². The van der Waals surface area contributed by atoms with Crippen LogP contribution in [0.2, 0.25) is 0 Å². The van der Waals surface area contributed by atoms with Gasteiger partial charge in [-0.1, -0.05) is 20.8 Å². The molecule has 60 heavy (non-hydrogen) atoms. The van der Waals surface area contributed by atoms with Gasteiger partial charge in [0.05, 0.1) is 47.6 Å². The molecule has 3 saturated heterocycles. The molecule has 0 aromatic rings. The summed E-state index contributed by atoms with van der Waals surface area (Å²) in [5, 5.41) is 73.1. The molecule has 17 heteroatoms. The van der Waals surface area contributed by atoms with Gasteiger partial charge in [-0.25, -0.2) is 0 Å². The van der Waals surface area contributed by atoms with E-state index in [-0.39, 0.29) is 37.8 Å². The van der Waals surface area contributed by atoms with Crippen LogP contribution in [-0.4, -0.2) is 197 Å². The predicted molar refractivity (Wildman–Crippen MR) is 226 cm³/mol. The standard InChI is InChI=1S/C43H84N4O13/c1-14-32-43(10,54)36(50)28(6)46(11)22-24(2)19-41(8,53)38(60-40-34(49)31(18-25(3)56-40)47(12)23-30(48)21-45-17-15-16-44)26(4)35(27(5)39(52)58-32)59-33-20-42(9,55-13)37(51)29(7)57-33/h24-38,40,45,48-51,53-54H,14-23,44H2,1-13H3/t24-,25-,26+,27-,28-,29+,30?,31?,32-,33+,34-,35+,36-,37+,38-,40+,41-,42-,43-/m1/s1. The molecule has 0 amide bonds. The van der Waals surface area contributed by atoms with Gasteiger partial charge in [-0.15, -0.1) is 0 Å². The van der Waals surface area contributed by atoms with Gasteiger partial charge in [0, 0.05) is 51.2 Å². The highest BCUT2D eigenvalue weighted by Gasteiger charge is 2.53. The number of nitrogens with zero attached hydrogens (tertiary/aromatic N) is 2. The maximum atomic E-state index is 14.4. The molecule has 3 rings (SSSR count). The van der Waals surface area contributed by atoms with Crippen molar-refractivity contribution in [2.24, 2.45) is 23.5 Å². The van der Waals surface area contributed by atoms with Crippen molar-refractivity contribution in [1.29, 1.82) is 0 Å². The Morgan fingerprint density at radius 1 is 1.02 bits per heavy atom. The van der Waals surface area contributed by atoms with Crippen molar-refractivity contribution in [3.05, 3.63) is 0 Å². The third kappa shape index (κ3) is 13.2. The largest absolute Gasteiger partial charge is 0.459 e. The second-order valence-corrected chi connectivity index (χ2v) is 19.1. The summed E-state index contributed by atoms with van der Waals surface area (Å²) >= 11 is 0. The van der Waals surface area contributed by atoms with E-state index in [1.165, 1.54) is 14.0 Å². The minimum atomic E-state index is -1.83. The number of hydrogen-bond acceptors (Lipinski definition) is 17. The number of cyclic esters (lactones) is 1. The molecule has 0 spiro atoms. The Labute approximate surface area is 359 Å². The molecule has 2 unspecified atom stereocenters. The highest BCUT2D eigenvalue weighted by molar-refractivity contribution is 5.73. The Morgan fingerprint density at radius 2 is 1.67 bits per heavy atom. The lowest BCUT2D eigenvalue weighted by Gasteiger charge is -2.49. The number of carbonyl (C=O) groups excluding carboxylic acids is 1. The molecule has 0 aromatic heterocycles. The van der Waals surface area contributed by atoms with E-state index < -0.39 is 108 Å². The SMILES string of the molecule is CC[C@H]1OC(=O)[C@H](C)[C@@H](O[C@H]2C[C@@](C)(OC)[C@@H](O)[C@H](C)O2)[C@H](C)[C@@H](O[C@@H]2O[C@H](C)CC(N(C)CC(O)CNCCCN)[C@H]2O)[C@](C)(O)C[C@@H](C)CN(C)[C@H](C)[C@@H](O)[C@]1(C)O. The summed E-state index contributed by atoms with van der Waals surface area (Å²) in [7, 11) is 5.16. The summed E-state index contributed by atoms with van der Waals surface area (Å²) in [6.45, 7) is 19.7. The number of aliphatic hydroxyl groups is 6. The van der Waals surface area contributed by atoms with Crippen LogP contribution in [0.1, 0.15) is 101 Å². The van der Waals surface area contributed by atoms with Crippen molar-refractivity contribution in [3.63, 3.8) is 0 Å². The Balaban J connectivity index is 2.11. The summed E-state index contributed by atoms with van der Waals surface area (Å²) in [6.07, 6.45) is -9.04. The lowest BCUT2D eigenvalue weighted by molar-refractivity contribution is -0.318. The zero-order chi connectivity index (χ0) is 45.5. The Bertz CT molecular complexity index is 1300. The van der Waals surface area contributed by atoms with E-state index in [1.54, 1.807) is 48.5 Å². The number of methoxy groups -OCH3 is 1. The van der Waals surface area contributed by atoms with Crippen LogP contribution < -0.4 is 11.1 Å². The fourth-order valence-corrected chi connectivity index (χ4v) is 9.69. The smallest absolute Gasteiger partial charge is 0.311 e. The number of ether oxygens (including phenoxy) is 6. The van der Waals surface area contributed by atoms with E-state index in [1.807, 2.05) is 37.7 Å². The Morgan fingerprint density at radius 3 is 2.27 bits per heavy atom. The van der Waals surface area contributed by atoms with Gasteiger partial charge < -0.3 is 75.0 Å². The monoisotopic (exact) mass is 865 g/mol. The normalized spacial score (nSPS) is 45.1. The minimum Gasteiger partial charge on any atom is -0.459 e. The molecule has 0 radical (unpaired) electrons. The molecule has 3 heterocycles. The van der Waals surface area contributed by atoms with Crippen LogP contribution >= 0.6 is 0 Å². The summed E-state index contributed by atoms with van der Waals surface area (Å²) < 4.78 is 37.9. The number of carbonyl (C=O) groups is 1. The number of rotatable bonds is 14. The van der Waals surface area contributed by atoms with Crippen LogP contribution in [0.15, 0.2) is 0 Å². The predicted octanol–water partition coefficient (Wildman–Crippen LogP) is 0.570. The van der Waals surface area contributed by atoms with Crippen molar-refractivity contribution < 1.29 is 63.9 Å². The van der Waals surface area contributed by atoms with Gasteiger partial charge in [0.1, 0.15) is 30.0 Å². The van der Waals surface area contributed by atoms with E-state index in [0.29, 0.717) is 32.6 Å². The third-order valence-electron chi connectivity index (χ3n) is 13.5. The van der Waals surface area contributed by atoms with Gasteiger partial charge in [0.25, 0.3) is 0 Å². The van der Waals surface area contributed by atoms with Crippen molar-refractivity contribution in [2.45, 2.75) is 198 Å². The molecule has 0 aromatic carbocycles. The molecule has 19 atom stereocenters. The average Bonchev–Trinajstić information content (AvgIpc) is 3.17. The first kappa shape index (κ1) is 53.2. The van der Waals surface area contributed by atoms with Crippen LogP contribution in [-0.2, 0) is 33.2 Å². The second kappa shape index (κ2) is 22.7. The quantitative estimate of drug-likeness (QED) is 0.0880. The Kier molecular flexibility index (Phi) is 20.1. The lowest BCUT2D eigenvalue weighted by Crippen LogP contribution is -2.61. The van der Waals surface area contributed by atoms with Gasteiger partial charge in [-0.3, -0.25) is 9.69 Å². The summed E-state index contributed by atoms with van der Waals surface area (Å²) in [6, 6.07) is -1.04. The number of nitrogens with one attached hydrogen (secondary N) is 1. The first-order chi connectivity index (χ1) is 27.8. The van der Waals surface area contributed by atoms with Gasteiger partial charge in [-0.05, 0) is 107 Å². The molecule has 0 bridgehead atoms. The van der Waals surface area contributed by atoms with Crippen LogP contribution in [0.3, 0.4) is 0 Å². The highest BCUT2D eigenvalue weighted by atomic mass is 16.7. The average molecular weight is 865 g/mol. The summed E-state index contributed by atoms with van der Waals surface area (Å²) in [5.74, 6) is -2.77. The molecule has 0 saturated carbocycles.